The van der Waals surface area contributed by atoms with Crippen molar-refractivity contribution in [1.29, 1.82) is 0 Å². The van der Waals surface area contributed by atoms with Gasteiger partial charge in [-0.2, -0.15) is 0 Å². The lowest BCUT2D eigenvalue weighted by Gasteiger charge is -2.04. The Bertz CT molecular complexity index is 788. The molecule has 1 N–H and O–H groups in total. The molecule has 1 aromatic carbocycles. The molecule has 2 heterocycles. The van der Waals surface area contributed by atoms with Crippen molar-refractivity contribution >= 4 is 17.8 Å². The monoisotopic (exact) mass is 299 g/mol. The van der Waals surface area contributed by atoms with E-state index in [0.29, 0.717) is 17.1 Å². The minimum absolute atomic E-state index is 0.207. The molecule has 2 aromatic rings. The van der Waals surface area contributed by atoms with Gasteiger partial charge in [-0.05, 0) is 24.3 Å². The smallest absolute Gasteiger partial charge is 0.341 e. The van der Waals surface area contributed by atoms with E-state index < -0.39 is 12.6 Å². The van der Waals surface area contributed by atoms with Gasteiger partial charge in [-0.25, -0.2) is 4.79 Å². The number of fused-ring (bicyclic) bond motifs is 1. The molecule has 1 aliphatic rings. The number of aromatic nitrogens is 1. The third-order valence-electron chi connectivity index (χ3n) is 3.27. The molecule has 0 aliphatic carbocycles. The van der Waals surface area contributed by atoms with Crippen molar-refractivity contribution in [3.63, 3.8) is 0 Å². The Hall–Kier alpha value is -3.02. The number of Topliss-reactive ketones (excluding diaryl/α,β-unsaturated/α-hetero) is 1. The van der Waals surface area contributed by atoms with Crippen LogP contribution in [0.5, 0.6) is 11.5 Å². The van der Waals surface area contributed by atoms with E-state index in [9.17, 15) is 9.59 Å². The minimum atomic E-state index is -1.07. The normalized spacial score (nSPS) is 14.8. The number of ketones is 1. The molecule has 0 amide bonds. The average Bonchev–Trinajstić information content (AvgIpc) is 3.02. The lowest BCUT2D eigenvalue weighted by Crippen LogP contribution is -2.09. The molecule has 6 heteroatoms. The lowest BCUT2D eigenvalue weighted by atomic mass is 10.1. The van der Waals surface area contributed by atoms with Crippen molar-refractivity contribution in [2.75, 3.05) is 6.61 Å². The van der Waals surface area contributed by atoms with Crippen LogP contribution >= 0.6 is 0 Å². The molecule has 1 aromatic heterocycles. The summed E-state index contributed by atoms with van der Waals surface area (Å²) < 4.78 is 12.5. The number of aryl methyl sites for hydroxylation is 1. The molecule has 0 fully saturated rings. The number of ether oxygens (including phenoxy) is 2. The Morgan fingerprint density at radius 2 is 2.23 bits per heavy atom. The molecule has 1 aliphatic heterocycles. The van der Waals surface area contributed by atoms with Gasteiger partial charge in [0.05, 0.1) is 5.56 Å². The van der Waals surface area contributed by atoms with Gasteiger partial charge in [-0.3, -0.25) is 4.79 Å². The van der Waals surface area contributed by atoms with Crippen molar-refractivity contribution in [2.24, 2.45) is 7.05 Å². The highest BCUT2D eigenvalue weighted by Crippen LogP contribution is 2.34. The summed E-state index contributed by atoms with van der Waals surface area (Å²) >= 11 is 0. The largest absolute Gasteiger partial charge is 0.482 e. The molecule has 6 nitrogen and oxygen atoms in total. The van der Waals surface area contributed by atoms with Crippen molar-refractivity contribution in [1.82, 2.24) is 4.57 Å². The lowest BCUT2D eigenvalue weighted by molar-refractivity contribution is -0.139. The molecule has 0 atom stereocenters. The van der Waals surface area contributed by atoms with Crippen molar-refractivity contribution in [2.45, 2.75) is 0 Å². The topological polar surface area (TPSA) is 77.8 Å². The Morgan fingerprint density at radius 3 is 2.91 bits per heavy atom. The Balaban J connectivity index is 1.86. The van der Waals surface area contributed by atoms with E-state index in [0.717, 1.165) is 5.69 Å². The third-order valence-corrected chi connectivity index (χ3v) is 3.27. The van der Waals surface area contributed by atoms with Crippen LogP contribution in [0.1, 0.15) is 16.1 Å². The molecule has 112 valence electrons. The molecule has 0 spiro atoms. The fourth-order valence-electron chi connectivity index (χ4n) is 2.16. The second kappa shape index (κ2) is 5.40. The van der Waals surface area contributed by atoms with Crippen LogP contribution in [0.4, 0.5) is 0 Å². The standard InChI is InChI=1S/C16H13NO5/c1-17-6-2-3-10(17)7-14-16(20)12-5-4-11(8-13(12)22-14)21-9-15(18)19/h2-8H,9H2,1H3,(H,18,19). The maximum absolute atomic E-state index is 12.3. The number of aliphatic carboxylic acids is 1. The highest BCUT2D eigenvalue weighted by molar-refractivity contribution is 6.14. The van der Waals surface area contributed by atoms with Gasteiger partial charge in [0.1, 0.15) is 11.5 Å². The molecule has 0 radical (unpaired) electrons. The molecule has 22 heavy (non-hydrogen) atoms. The van der Waals surface area contributed by atoms with E-state index in [4.69, 9.17) is 14.6 Å². The third kappa shape index (κ3) is 2.58. The second-order valence-electron chi connectivity index (χ2n) is 4.82. The van der Waals surface area contributed by atoms with Gasteiger partial charge in [0.2, 0.25) is 5.78 Å². The fraction of sp³-hybridized carbons (Fsp3) is 0.125. The zero-order chi connectivity index (χ0) is 15.7. The first-order chi connectivity index (χ1) is 10.5. The van der Waals surface area contributed by atoms with E-state index in [1.54, 1.807) is 18.2 Å². The predicted molar refractivity (Wildman–Crippen MR) is 77.9 cm³/mol. The van der Waals surface area contributed by atoms with Crippen LogP contribution in [-0.2, 0) is 11.8 Å². The molecule has 0 bridgehead atoms. The number of carbonyl (C=O) groups is 2. The van der Waals surface area contributed by atoms with Crippen LogP contribution in [-0.4, -0.2) is 28.0 Å². The first-order valence-corrected chi connectivity index (χ1v) is 6.59. The van der Waals surface area contributed by atoms with Gasteiger partial charge < -0.3 is 19.1 Å². The molecule has 0 saturated carbocycles. The Labute approximate surface area is 126 Å². The van der Waals surface area contributed by atoms with Crippen LogP contribution in [0, 0.1) is 0 Å². The molecule has 3 rings (SSSR count). The number of carboxylic acid groups (broad SMARTS) is 1. The first kappa shape index (κ1) is 13.9. The minimum Gasteiger partial charge on any atom is -0.482 e. The number of nitrogens with zero attached hydrogens (tertiary/aromatic N) is 1. The van der Waals surface area contributed by atoms with Gasteiger partial charge in [0.25, 0.3) is 0 Å². The number of carboxylic acids is 1. The Morgan fingerprint density at radius 1 is 1.41 bits per heavy atom. The maximum atomic E-state index is 12.3. The highest BCUT2D eigenvalue weighted by Gasteiger charge is 2.28. The van der Waals surface area contributed by atoms with Gasteiger partial charge >= 0.3 is 5.97 Å². The van der Waals surface area contributed by atoms with Gasteiger partial charge in [-0.1, -0.05) is 0 Å². The Kier molecular flexibility index (Phi) is 3.42. The fourth-order valence-corrected chi connectivity index (χ4v) is 2.16. The zero-order valence-electron chi connectivity index (χ0n) is 11.8. The molecular weight excluding hydrogens is 286 g/mol. The summed E-state index contributed by atoms with van der Waals surface area (Å²) in [6.45, 7) is -0.446. The van der Waals surface area contributed by atoms with Crippen molar-refractivity contribution in [3.05, 3.63) is 53.5 Å². The van der Waals surface area contributed by atoms with E-state index in [2.05, 4.69) is 0 Å². The predicted octanol–water partition coefficient (Wildman–Crippen LogP) is 2.10. The molecular formula is C16H13NO5. The quantitative estimate of drug-likeness (QED) is 0.875. The van der Waals surface area contributed by atoms with Crippen LogP contribution in [0.3, 0.4) is 0 Å². The molecule has 0 unspecified atom stereocenters. The van der Waals surface area contributed by atoms with E-state index in [1.165, 1.54) is 6.07 Å². The van der Waals surface area contributed by atoms with Gasteiger partial charge in [0.15, 0.2) is 12.4 Å². The van der Waals surface area contributed by atoms with Crippen LogP contribution in [0.2, 0.25) is 0 Å². The van der Waals surface area contributed by atoms with E-state index >= 15 is 0 Å². The summed E-state index contributed by atoms with van der Waals surface area (Å²) in [6.07, 6.45) is 3.54. The number of benzene rings is 1. The first-order valence-electron chi connectivity index (χ1n) is 6.59. The van der Waals surface area contributed by atoms with E-state index in [-0.39, 0.29) is 11.5 Å². The van der Waals surface area contributed by atoms with Gasteiger partial charge in [0, 0.05) is 31.1 Å². The number of rotatable bonds is 4. The second-order valence-corrected chi connectivity index (χ2v) is 4.82. The average molecular weight is 299 g/mol. The van der Waals surface area contributed by atoms with E-state index in [1.807, 2.05) is 29.9 Å². The van der Waals surface area contributed by atoms with Crippen LogP contribution in [0.15, 0.2) is 42.3 Å². The maximum Gasteiger partial charge on any atom is 0.341 e. The van der Waals surface area contributed by atoms with Crippen LogP contribution in [0.25, 0.3) is 6.08 Å². The number of hydrogen-bond acceptors (Lipinski definition) is 4. The number of hydrogen-bond donors (Lipinski definition) is 1. The van der Waals surface area contributed by atoms with Crippen molar-refractivity contribution < 1.29 is 24.2 Å². The summed E-state index contributed by atoms with van der Waals surface area (Å²) in [7, 11) is 1.87. The summed E-state index contributed by atoms with van der Waals surface area (Å²) in [5, 5.41) is 8.60. The van der Waals surface area contributed by atoms with Crippen LogP contribution < -0.4 is 9.47 Å². The van der Waals surface area contributed by atoms with Gasteiger partial charge in [-0.15, -0.1) is 0 Å². The van der Waals surface area contributed by atoms with Crippen molar-refractivity contribution in [3.8, 4) is 11.5 Å². The molecule has 0 saturated heterocycles. The summed E-state index contributed by atoms with van der Waals surface area (Å²) in [5.74, 6) is -0.336. The SMILES string of the molecule is Cn1cccc1C=C1Oc2cc(OCC(=O)O)ccc2C1=O. The highest BCUT2D eigenvalue weighted by atomic mass is 16.5. The summed E-state index contributed by atoms with van der Waals surface area (Å²) in [5.41, 5.74) is 1.28. The number of allylic oxidation sites excluding steroid dienone is 1. The summed E-state index contributed by atoms with van der Waals surface area (Å²) in [4.78, 5) is 22.8. The summed E-state index contributed by atoms with van der Waals surface area (Å²) in [6, 6.07) is 8.38. The number of carbonyl (C=O) groups excluding carboxylic acids is 1. The zero-order valence-corrected chi connectivity index (χ0v) is 11.8.